The van der Waals surface area contributed by atoms with Crippen LogP contribution in [-0.2, 0) is 19.6 Å². The van der Waals surface area contributed by atoms with Crippen LogP contribution in [0.15, 0.2) is 27.9 Å². The van der Waals surface area contributed by atoms with Gasteiger partial charge >= 0.3 is 4.87 Å². The molecule has 2 aliphatic heterocycles. The molecule has 1 aromatic heterocycles. The number of sulfonamides is 1. The number of nitrogens with zero attached hydrogens (tertiary/aromatic N) is 2. The van der Waals surface area contributed by atoms with Gasteiger partial charge in [0.05, 0.1) is 21.2 Å². The molecule has 170 valence electrons. The first kappa shape index (κ1) is 22.4. The zero-order valence-corrected chi connectivity index (χ0v) is 19.5. The van der Waals surface area contributed by atoms with Crippen molar-refractivity contribution in [3.8, 4) is 0 Å². The van der Waals surface area contributed by atoms with Crippen LogP contribution >= 0.6 is 11.3 Å². The second-order valence-corrected chi connectivity index (χ2v) is 11.5. The maximum atomic E-state index is 13.2. The highest BCUT2D eigenvalue weighted by molar-refractivity contribution is 7.89. The average Bonchev–Trinajstić information content (AvgIpc) is 3.38. The summed E-state index contributed by atoms with van der Waals surface area (Å²) < 4.78 is 35.6. The molecule has 1 aromatic carbocycles. The molecule has 2 aromatic rings. The van der Waals surface area contributed by atoms with Gasteiger partial charge in [-0.25, -0.2) is 8.42 Å². The van der Waals surface area contributed by atoms with E-state index in [4.69, 9.17) is 4.74 Å². The molecule has 0 bridgehead atoms. The van der Waals surface area contributed by atoms with E-state index in [1.54, 1.807) is 22.8 Å². The fraction of sp³-hybridized carbons (Fsp3) is 0.619. The summed E-state index contributed by atoms with van der Waals surface area (Å²) in [5.41, 5.74) is 0.755. The number of hydrogen-bond donors (Lipinski definition) is 1. The van der Waals surface area contributed by atoms with Crippen LogP contribution in [-0.4, -0.2) is 55.5 Å². The maximum absolute atomic E-state index is 13.2. The standard InChI is InChI=1S/C21H29N3O5S2/c1-14(2)24-18-6-5-17(12-19(18)30-21(24)26)31(27,28)23-9-7-15(8-10-23)20(25)22-13-16-4-3-11-29-16/h5-6,12,14-16H,3-4,7-11,13H2,1-2H3,(H,22,25)/t16-/m0/s1. The number of amides is 1. The Hall–Kier alpha value is -1.75. The van der Waals surface area contributed by atoms with Gasteiger partial charge in [0, 0.05) is 38.2 Å². The summed E-state index contributed by atoms with van der Waals surface area (Å²) >= 11 is 1.07. The number of piperidine rings is 1. The molecule has 1 N–H and O–H groups in total. The predicted octanol–water partition coefficient (Wildman–Crippen LogP) is 2.34. The number of nitrogens with one attached hydrogen (secondary N) is 1. The molecule has 10 heteroatoms. The zero-order valence-electron chi connectivity index (χ0n) is 17.9. The number of hydrogen-bond acceptors (Lipinski definition) is 6. The molecule has 0 unspecified atom stereocenters. The van der Waals surface area contributed by atoms with E-state index in [9.17, 15) is 18.0 Å². The van der Waals surface area contributed by atoms with Crippen molar-refractivity contribution >= 4 is 37.5 Å². The van der Waals surface area contributed by atoms with Gasteiger partial charge in [-0.2, -0.15) is 4.31 Å². The molecule has 2 fully saturated rings. The highest BCUT2D eigenvalue weighted by Crippen LogP contribution is 2.28. The molecule has 4 rings (SSSR count). The summed E-state index contributed by atoms with van der Waals surface area (Å²) in [4.78, 5) is 24.8. The van der Waals surface area contributed by atoms with E-state index in [0.29, 0.717) is 37.2 Å². The minimum Gasteiger partial charge on any atom is -0.376 e. The van der Waals surface area contributed by atoms with Crippen molar-refractivity contribution in [1.29, 1.82) is 0 Å². The van der Waals surface area contributed by atoms with E-state index in [1.165, 1.54) is 4.31 Å². The van der Waals surface area contributed by atoms with Crippen LogP contribution in [0.2, 0.25) is 0 Å². The Labute approximate surface area is 186 Å². The van der Waals surface area contributed by atoms with Gasteiger partial charge in [0.25, 0.3) is 0 Å². The van der Waals surface area contributed by atoms with Crippen LogP contribution in [0, 0.1) is 5.92 Å². The minimum atomic E-state index is -3.67. The molecular weight excluding hydrogens is 438 g/mol. The van der Waals surface area contributed by atoms with E-state index in [2.05, 4.69) is 5.32 Å². The molecule has 0 aliphatic carbocycles. The molecular formula is C21H29N3O5S2. The molecule has 0 radical (unpaired) electrons. The van der Waals surface area contributed by atoms with Gasteiger partial charge in [-0.15, -0.1) is 0 Å². The summed E-state index contributed by atoms with van der Waals surface area (Å²) in [7, 11) is -3.67. The van der Waals surface area contributed by atoms with Crippen molar-refractivity contribution in [1.82, 2.24) is 14.2 Å². The second kappa shape index (κ2) is 9.01. The van der Waals surface area contributed by atoms with Gasteiger partial charge in [0.1, 0.15) is 0 Å². The van der Waals surface area contributed by atoms with Crippen LogP contribution in [0.5, 0.6) is 0 Å². The van der Waals surface area contributed by atoms with E-state index in [-0.39, 0.29) is 33.7 Å². The Bertz CT molecular complexity index is 1110. The Balaban J connectivity index is 1.41. The number of fused-ring (bicyclic) bond motifs is 1. The van der Waals surface area contributed by atoms with Gasteiger partial charge in [-0.3, -0.25) is 14.2 Å². The number of carbonyl (C=O) groups is 1. The van der Waals surface area contributed by atoms with Gasteiger partial charge in [0.15, 0.2) is 0 Å². The van der Waals surface area contributed by atoms with Crippen molar-refractivity contribution in [2.24, 2.45) is 5.92 Å². The lowest BCUT2D eigenvalue weighted by molar-refractivity contribution is -0.126. The third kappa shape index (κ3) is 4.57. The van der Waals surface area contributed by atoms with Crippen molar-refractivity contribution in [2.45, 2.75) is 56.6 Å². The molecule has 8 nitrogen and oxygen atoms in total. The van der Waals surface area contributed by atoms with Crippen LogP contribution in [0.4, 0.5) is 0 Å². The summed E-state index contributed by atoms with van der Waals surface area (Å²) in [6, 6.07) is 4.89. The SMILES string of the molecule is CC(C)n1c(=O)sc2cc(S(=O)(=O)N3CCC(C(=O)NC[C@@H]4CCCO4)CC3)ccc21. The highest BCUT2D eigenvalue weighted by Gasteiger charge is 2.32. The fourth-order valence-corrected chi connectivity index (χ4v) is 6.96. The summed E-state index contributed by atoms with van der Waals surface area (Å²) in [5, 5.41) is 2.95. The van der Waals surface area contributed by atoms with E-state index < -0.39 is 10.0 Å². The van der Waals surface area contributed by atoms with Crippen LogP contribution in [0.3, 0.4) is 0 Å². The zero-order chi connectivity index (χ0) is 22.2. The van der Waals surface area contributed by atoms with Crippen LogP contribution in [0.25, 0.3) is 10.2 Å². The lowest BCUT2D eigenvalue weighted by Gasteiger charge is -2.30. The van der Waals surface area contributed by atoms with Crippen LogP contribution in [0.1, 0.15) is 45.6 Å². The van der Waals surface area contributed by atoms with Crippen molar-refractivity contribution in [3.63, 3.8) is 0 Å². The van der Waals surface area contributed by atoms with Gasteiger partial charge in [-0.05, 0) is 57.7 Å². The van der Waals surface area contributed by atoms with Gasteiger partial charge in [0.2, 0.25) is 15.9 Å². The minimum absolute atomic E-state index is 0.00844. The third-order valence-electron chi connectivity index (χ3n) is 6.09. The Morgan fingerprint density at radius 2 is 2.00 bits per heavy atom. The van der Waals surface area contributed by atoms with Crippen LogP contribution < -0.4 is 10.2 Å². The largest absolute Gasteiger partial charge is 0.376 e. The first-order valence-electron chi connectivity index (χ1n) is 10.8. The Kier molecular flexibility index (Phi) is 6.52. The number of carbonyl (C=O) groups excluding carboxylic acids is 1. The van der Waals surface area contributed by atoms with E-state index in [1.807, 2.05) is 13.8 Å². The van der Waals surface area contributed by atoms with E-state index >= 15 is 0 Å². The summed E-state index contributed by atoms with van der Waals surface area (Å²) in [6.45, 7) is 5.75. The third-order valence-corrected chi connectivity index (χ3v) is 8.90. The number of rotatable bonds is 6. The van der Waals surface area contributed by atoms with Crippen molar-refractivity contribution in [3.05, 3.63) is 27.9 Å². The first-order valence-corrected chi connectivity index (χ1v) is 13.1. The fourth-order valence-electron chi connectivity index (χ4n) is 4.34. The lowest BCUT2D eigenvalue weighted by atomic mass is 9.97. The quantitative estimate of drug-likeness (QED) is 0.703. The molecule has 2 aliphatic rings. The number of thiazole rings is 1. The lowest BCUT2D eigenvalue weighted by Crippen LogP contribution is -2.44. The Morgan fingerprint density at radius 3 is 2.65 bits per heavy atom. The van der Waals surface area contributed by atoms with E-state index in [0.717, 1.165) is 36.3 Å². The maximum Gasteiger partial charge on any atom is 0.308 e. The molecule has 31 heavy (non-hydrogen) atoms. The first-order chi connectivity index (χ1) is 14.8. The topological polar surface area (TPSA) is 97.7 Å². The smallest absolute Gasteiger partial charge is 0.308 e. The molecule has 2 saturated heterocycles. The monoisotopic (exact) mass is 467 g/mol. The second-order valence-electron chi connectivity index (χ2n) is 8.52. The highest BCUT2D eigenvalue weighted by atomic mass is 32.2. The van der Waals surface area contributed by atoms with Gasteiger partial charge < -0.3 is 10.1 Å². The normalized spacial score (nSPS) is 21.2. The number of aromatic nitrogens is 1. The molecule has 1 atom stereocenters. The molecule has 1 amide bonds. The molecule has 0 spiro atoms. The Morgan fingerprint density at radius 1 is 1.26 bits per heavy atom. The summed E-state index contributed by atoms with van der Waals surface area (Å²) in [6.07, 6.45) is 3.09. The molecule has 3 heterocycles. The predicted molar refractivity (Wildman–Crippen MR) is 120 cm³/mol. The number of ether oxygens (including phenoxy) is 1. The van der Waals surface area contributed by atoms with Crippen molar-refractivity contribution in [2.75, 3.05) is 26.2 Å². The van der Waals surface area contributed by atoms with Gasteiger partial charge in [-0.1, -0.05) is 11.3 Å². The van der Waals surface area contributed by atoms with Crippen molar-refractivity contribution < 1.29 is 17.9 Å². The average molecular weight is 468 g/mol. The summed E-state index contributed by atoms with van der Waals surface area (Å²) in [5.74, 6) is -0.200. The number of benzene rings is 1. The molecule has 0 saturated carbocycles.